The van der Waals surface area contributed by atoms with Crippen LogP contribution in [0.1, 0.15) is 0 Å². The van der Waals surface area contributed by atoms with Crippen molar-refractivity contribution in [3.63, 3.8) is 0 Å². The molecule has 0 unspecified atom stereocenters. The van der Waals surface area contributed by atoms with Crippen LogP contribution in [0.2, 0.25) is 0 Å². The van der Waals surface area contributed by atoms with Crippen LogP contribution in [0, 0.1) is 0 Å². The van der Waals surface area contributed by atoms with E-state index in [1.54, 1.807) is 0 Å². The van der Waals surface area contributed by atoms with Gasteiger partial charge >= 0.3 is 0 Å². The molecule has 12 N–H and O–H groups in total. The van der Waals surface area contributed by atoms with E-state index >= 15 is 0 Å². The minimum Gasteiger partial charge on any atom is -0.412 e. The van der Waals surface area contributed by atoms with Crippen LogP contribution in [-0.4, -0.2) is 32.9 Å². The fraction of sp³-hybridized carbons (Fsp3) is 0. The van der Waals surface area contributed by atoms with Crippen molar-refractivity contribution in [2.75, 3.05) is 0 Å². The first-order chi connectivity index (χ1) is 0. The Morgan fingerprint density at radius 1 is 0.375 bits per heavy atom. The second-order valence-corrected chi connectivity index (χ2v) is 0. The van der Waals surface area contributed by atoms with Crippen LogP contribution in [0.4, 0.5) is 0 Å². The van der Waals surface area contributed by atoms with E-state index in [9.17, 15) is 0 Å². The minimum atomic E-state index is 0. The van der Waals surface area contributed by atoms with E-state index in [0.717, 1.165) is 0 Å². The summed E-state index contributed by atoms with van der Waals surface area (Å²) in [4.78, 5) is 0. The molecule has 0 atom stereocenters. The maximum atomic E-state index is 0. The molecule has 0 aromatic rings. The van der Waals surface area contributed by atoms with Gasteiger partial charge in [0.25, 0.3) is 0 Å². The third-order valence-corrected chi connectivity index (χ3v) is 0. The van der Waals surface area contributed by atoms with Gasteiger partial charge in [0.1, 0.15) is 0 Å². The first kappa shape index (κ1) is 1510. The standard InChI is InChI=1S/ClH.Mn.6H2O/h1H;;6*1H2. The zero-order valence-corrected chi connectivity index (χ0v) is 5.78. The van der Waals surface area contributed by atoms with E-state index in [1.165, 1.54) is 0 Å². The van der Waals surface area contributed by atoms with E-state index in [0.29, 0.717) is 0 Å². The Morgan fingerprint density at radius 3 is 0.375 bits per heavy atom. The van der Waals surface area contributed by atoms with Gasteiger partial charge in [-0.3, -0.25) is 0 Å². The van der Waals surface area contributed by atoms with Gasteiger partial charge in [0.15, 0.2) is 0 Å². The smallest absolute Gasteiger partial charge is 0 e. The quantitative estimate of drug-likeness (QED) is 0.340. The Hall–Kier alpha value is 0.569. The topological polar surface area (TPSA) is 189 Å². The summed E-state index contributed by atoms with van der Waals surface area (Å²) in [5, 5.41) is 0. The Balaban J connectivity index is 0. The molecular weight excluding hydrogens is 186 g/mol. The molecule has 0 aromatic carbocycles. The molecule has 6 nitrogen and oxygen atoms in total. The van der Waals surface area contributed by atoms with E-state index in [-0.39, 0.29) is 62.3 Å². The summed E-state index contributed by atoms with van der Waals surface area (Å²) < 4.78 is 0. The summed E-state index contributed by atoms with van der Waals surface area (Å²) in [6, 6.07) is 0. The Morgan fingerprint density at radius 2 is 0.375 bits per heavy atom. The zero-order valence-electron chi connectivity index (χ0n) is 3.79. The van der Waals surface area contributed by atoms with E-state index in [4.69, 9.17) is 0 Å². The summed E-state index contributed by atoms with van der Waals surface area (Å²) in [6.07, 6.45) is 0. The molecule has 1 radical (unpaired) electrons. The van der Waals surface area contributed by atoms with Crippen LogP contribution in [0.15, 0.2) is 0 Å². The van der Waals surface area contributed by atoms with Gasteiger partial charge in [0.2, 0.25) is 0 Å². The maximum Gasteiger partial charge on any atom is 0 e. The van der Waals surface area contributed by atoms with Crippen LogP contribution < -0.4 is 0 Å². The van der Waals surface area contributed by atoms with Gasteiger partial charge in [0, 0.05) is 17.1 Å². The van der Waals surface area contributed by atoms with Crippen molar-refractivity contribution in [3.05, 3.63) is 0 Å². The summed E-state index contributed by atoms with van der Waals surface area (Å²) in [6.45, 7) is 0. The zero-order chi connectivity index (χ0) is 0. The van der Waals surface area contributed by atoms with Crippen molar-refractivity contribution in [3.8, 4) is 0 Å². The van der Waals surface area contributed by atoms with Crippen LogP contribution in [0.25, 0.3) is 0 Å². The van der Waals surface area contributed by atoms with Gasteiger partial charge in [-0.15, -0.1) is 12.4 Å². The normalized spacial score (nSPS) is 0. The van der Waals surface area contributed by atoms with E-state index in [2.05, 4.69) is 0 Å². The Bertz CT molecular complexity index is 8.49. The first-order valence-corrected chi connectivity index (χ1v) is 0. The number of rotatable bonds is 0. The largest absolute Gasteiger partial charge is 0.412 e. The summed E-state index contributed by atoms with van der Waals surface area (Å²) in [5.74, 6) is 0. The maximum absolute atomic E-state index is 0. The van der Waals surface area contributed by atoms with Gasteiger partial charge < -0.3 is 32.9 Å². The van der Waals surface area contributed by atoms with Gasteiger partial charge in [-0.05, 0) is 0 Å². The fourth-order valence-corrected chi connectivity index (χ4v) is 0. The molecule has 0 bridgehead atoms. The Labute approximate surface area is 63.0 Å². The van der Waals surface area contributed by atoms with Crippen molar-refractivity contribution in [1.82, 2.24) is 0 Å². The molecular formula is H13ClMnO6. The van der Waals surface area contributed by atoms with Crippen molar-refractivity contribution >= 4 is 12.4 Å². The molecule has 0 aromatic heterocycles. The van der Waals surface area contributed by atoms with Crippen molar-refractivity contribution < 1.29 is 49.9 Å². The molecule has 0 saturated carbocycles. The average Bonchev–Trinajstić information content (AvgIpc) is 0. The average molecular weight is 199 g/mol. The van der Waals surface area contributed by atoms with Crippen molar-refractivity contribution in [2.45, 2.75) is 0 Å². The molecule has 0 amide bonds. The first-order valence-electron chi connectivity index (χ1n) is 0. The third kappa shape index (κ3) is 628. The molecule has 63 valence electrons. The summed E-state index contributed by atoms with van der Waals surface area (Å²) >= 11 is 0. The van der Waals surface area contributed by atoms with Crippen molar-refractivity contribution in [1.29, 1.82) is 0 Å². The SMILES string of the molecule is Cl.O.O.O.O.O.O.[Mn]. The monoisotopic (exact) mass is 199 g/mol. The Kier molecular flexibility index (Phi) is 191000. The second kappa shape index (κ2) is 1010. The van der Waals surface area contributed by atoms with Gasteiger partial charge in [0.05, 0.1) is 0 Å². The molecule has 0 rings (SSSR count). The molecule has 8 heteroatoms. The van der Waals surface area contributed by atoms with Crippen LogP contribution >= 0.6 is 12.4 Å². The molecule has 0 saturated heterocycles. The third-order valence-electron chi connectivity index (χ3n) is 0. The number of hydrogen-bond acceptors (Lipinski definition) is 0. The molecule has 0 fully saturated rings. The number of halogens is 1. The minimum absolute atomic E-state index is 0. The predicted molar refractivity (Wildman–Crippen MR) is 28.9 cm³/mol. The van der Waals surface area contributed by atoms with Crippen LogP contribution in [-0.2, 0) is 17.1 Å². The van der Waals surface area contributed by atoms with E-state index < -0.39 is 0 Å². The molecule has 0 aliphatic rings. The molecule has 8 heavy (non-hydrogen) atoms. The van der Waals surface area contributed by atoms with Crippen LogP contribution in [0.3, 0.4) is 0 Å². The molecule has 0 aliphatic carbocycles. The predicted octanol–water partition coefficient (Wildman–Crippen LogP) is -4.53. The molecule has 0 heterocycles. The summed E-state index contributed by atoms with van der Waals surface area (Å²) in [5.41, 5.74) is 0. The molecule has 0 aliphatic heterocycles. The fourth-order valence-electron chi connectivity index (χ4n) is 0. The van der Waals surface area contributed by atoms with Crippen LogP contribution in [0.5, 0.6) is 0 Å². The molecule has 0 spiro atoms. The van der Waals surface area contributed by atoms with E-state index in [1.807, 2.05) is 0 Å². The van der Waals surface area contributed by atoms with Gasteiger partial charge in [-0.25, -0.2) is 0 Å². The number of hydrogen-bond donors (Lipinski definition) is 0. The van der Waals surface area contributed by atoms with Crippen molar-refractivity contribution in [2.24, 2.45) is 0 Å². The van der Waals surface area contributed by atoms with Gasteiger partial charge in [-0.1, -0.05) is 0 Å². The van der Waals surface area contributed by atoms with Gasteiger partial charge in [-0.2, -0.15) is 0 Å². The summed E-state index contributed by atoms with van der Waals surface area (Å²) in [7, 11) is 0. The second-order valence-electron chi connectivity index (χ2n) is 0.